The lowest BCUT2D eigenvalue weighted by Gasteiger charge is -2.15. The van der Waals surface area contributed by atoms with Gasteiger partial charge in [0, 0.05) is 14.7 Å². The molecule has 6 heteroatoms. The van der Waals surface area contributed by atoms with E-state index in [-0.39, 0.29) is 0 Å². The maximum Gasteiger partial charge on any atom is 0.141 e. The minimum atomic E-state index is -1.03. The van der Waals surface area contributed by atoms with Gasteiger partial charge < -0.3 is 4.74 Å². The molecule has 0 atom stereocenters. The highest BCUT2D eigenvalue weighted by Crippen LogP contribution is 2.08. The number of ether oxygens (including phenoxy) is 1. The van der Waals surface area contributed by atoms with Crippen molar-refractivity contribution in [1.29, 1.82) is 5.26 Å². The quantitative estimate of drug-likeness (QED) is 0.558. The first kappa shape index (κ1) is 12.9. The second-order valence-electron chi connectivity index (χ2n) is 4.91. The second-order valence-corrected chi connectivity index (χ2v) is 10.5. The van der Waals surface area contributed by atoms with Crippen molar-refractivity contribution in [1.82, 2.24) is 15.0 Å². The highest BCUT2D eigenvalue weighted by molar-refractivity contribution is 6.76. The Morgan fingerprint density at radius 2 is 2.25 bits per heavy atom. The topological polar surface area (TPSA) is 63.7 Å². The summed E-state index contributed by atoms with van der Waals surface area (Å²) in [6.45, 7) is 8.08. The van der Waals surface area contributed by atoms with Gasteiger partial charge in [-0.1, -0.05) is 24.9 Å². The fourth-order valence-corrected chi connectivity index (χ4v) is 1.89. The van der Waals surface area contributed by atoms with Crippen LogP contribution in [0.4, 0.5) is 0 Å². The molecule has 1 heterocycles. The summed E-state index contributed by atoms with van der Waals surface area (Å²) in [6.07, 6.45) is 1.93. The second kappa shape index (κ2) is 5.77. The van der Waals surface area contributed by atoms with Gasteiger partial charge in [0.15, 0.2) is 0 Å². The highest BCUT2D eigenvalue weighted by Gasteiger charge is 2.12. The predicted octanol–water partition coefficient (Wildman–Crippen LogP) is 1.66. The summed E-state index contributed by atoms with van der Waals surface area (Å²) < 4.78 is 7.16. The molecule has 0 aromatic carbocycles. The van der Waals surface area contributed by atoms with Crippen molar-refractivity contribution in [2.45, 2.75) is 38.8 Å². The van der Waals surface area contributed by atoms with Crippen LogP contribution < -0.4 is 0 Å². The zero-order valence-corrected chi connectivity index (χ0v) is 11.1. The Balaban J connectivity index is 2.32. The molecule has 0 aliphatic rings. The lowest BCUT2D eigenvalue weighted by atomic mass is 10.4. The molecule has 1 aromatic rings. The molecule has 0 spiro atoms. The minimum Gasteiger partial charge on any atom is -0.359 e. The highest BCUT2D eigenvalue weighted by atomic mass is 28.3. The monoisotopic (exact) mass is 238 g/mol. The summed E-state index contributed by atoms with van der Waals surface area (Å²) in [4.78, 5) is 0. The Hall–Kier alpha value is -1.19. The molecule has 88 valence electrons. The van der Waals surface area contributed by atoms with Gasteiger partial charge in [-0.15, -0.1) is 5.10 Å². The van der Waals surface area contributed by atoms with E-state index in [4.69, 9.17) is 10.00 Å². The van der Waals surface area contributed by atoms with Crippen LogP contribution in [0.2, 0.25) is 25.7 Å². The van der Waals surface area contributed by atoms with Gasteiger partial charge in [-0.3, -0.25) is 0 Å². The maximum atomic E-state index is 8.59. The molecule has 0 fully saturated rings. The summed E-state index contributed by atoms with van der Waals surface area (Å²) >= 11 is 0. The number of nitriles is 1. The van der Waals surface area contributed by atoms with Gasteiger partial charge in [0.25, 0.3) is 0 Å². The molecule has 16 heavy (non-hydrogen) atoms. The Bertz CT molecular complexity index is 364. The van der Waals surface area contributed by atoms with Gasteiger partial charge in [0.1, 0.15) is 6.73 Å². The lowest BCUT2D eigenvalue weighted by Crippen LogP contribution is -2.22. The molecule has 0 aliphatic carbocycles. The van der Waals surface area contributed by atoms with Crippen LogP contribution in [-0.2, 0) is 17.9 Å². The molecule has 0 unspecified atom stereocenters. The van der Waals surface area contributed by atoms with Crippen LogP contribution in [0, 0.1) is 11.3 Å². The van der Waals surface area contributed by atoms with E-state index >= 15 is 0 Å². The molecule has 0 bridgehead atoms. The lowest BCUT2D eigenvalue weighted by molar-refractivity contribution is 0.0755. The smallest absolute Gasteiger partial charge is 0.141 e. The first-order valence-electron chi connectivity index (χ1n) is 5.35. The van der Waals surface area contributed by atoms with Gasteiger partial charge in [-0.05, 0) is 6.04 Å². The molecule has 0 radical (unpaired) electrons. The molecule has 0 saturated carbocycles. The van der Waals surface area contributed by atoms with Gasteiger partial charge in [0.05, 0.1) is 24.4 Å². The van der Waals surface area contributed by atoms with Gasteiger partial charge in [-0.2, -0.15) is 5.26 Å². The number of aromatic nitrogens is 3. The van der Waals surface area contributed by atoms with Crippen LogP contribution in [0.1, 0.15) is 5.69 Å². The zero-order valence-electron chi connectivity index (χ0n) is 10.1. The summed E-state index contributed by atoms with van der Waals surface area (Å²) in [5.41, 5.74) is 0.801. The molecule has 0 N–H and O–H groups in total. The van der Waals surface area contributed by atoms with E-state index in [0.29, 0.717) is 13.2 Å². The van der Waals surface area contributed by atoms with Crippen molar-refractivity contribution in [2.24, 2.45) is 0 Å². The van der Waals surface area contributed by atoms with E-state index < -0.39 is 8.07 Å². The molecule has 5 nitrogen and oxygen atoms in total. The van der Waals surface area contributed by atoms with Crippen LogP contribution >= 0.6 is 0 Å². The van der Waals surface area contributed by atoms with E-state index in [1.165, 1.54) is 0 Å². The molecule has 0 amide bonds. The Kier molecular flexibility index (Phi) is 4.64. The van der Waals surface area contributed by atoms with Crippen molar-refractivity contribution < 1.29 is 4.74 Å². The molecular weight excluding hydrogens is 220 g/mol. The van der Waals surface area contributed by atoms with Crippen molar-refractivity contribution >= 4 is 8.07 Å². The third-order valence-electron chi connectivity index (χ3n) is 2.17. The van der Waals surface area contributed by atoms with Crippen molar-refractivity contribution in [3.05, 3.63) is 11.9 Å². The first-order chi connectivity index (χ1) is 7.53. The van der Waals surface area contributed by atoms with E-state index in [2.05, 4.69) is 36.0 Å². The average Bonchev–Trinajstić information content (AvgIpc) is 2.60. The van der Waals surface area contributed by atoms with Crippen molar-refractivity contribution in [2.75, 3.05) is 6.61 Å². The Labute approximate surface area is 97.0 Å². The third-order valence-corrected chi connectivity index (χ3v) is 3.87. The summed E-state index contributed by atoms with van der Waals surface area (Å²) in [7, 11) is -1.03. The van der Waals surface area contributed by atoms with Crippen LogP contribution in [-0.4, -0.2) is 29.7 Å². The summed E-state index contributed by atoms with van der Waals surface area (Å²) in [5, 5.41) is 16.2. The third kappa shape index (κ3) is 4.55. The van der Waals surface area contributed by atoms with E-state index in [1.54, 1.807) is 10.9 Å². The number of nitrogens with zero attached hydrogens (tertiary/aromatic N) is 4. The SMILES string of the molecule is C[Si](C)(C)CCOCn1nncc1CC#N. The van der Waals surface area contributed by atoms with Crippen molar-refractivity contribution in [3.8, 4) is 6.07 Å². The molecule has 0 saturated heterocycles. The number of hydrogen-bond acceptors (Lipinski definition) is 4. The fraction of sp³-hybridized carbons (Fsp3) is 0.700. The van der Waals surface area contributed by atoms with Crippen LogP contribution in [0.25, 0.3) is 0 Å². The molecule has 1 rings (SSSR count). The zero-order chi connectivity index (χ0) is 12.0. The summed E-state index contributed by atoms with van der Waals surface area (Å²) in [6, 6.07) is 3.21. The van der Waals surface area contributed by atoms with Gasteiger partial charge >= 0.3 is 0 Å². The number of hydrogen-bond donors (Lipinski definition) is 0. The molecule has 0 aliphatic heterocycles. The van der Waals surface area contributed by atoms with E-state index in [1.807, 2.05) is 0 Å². The predicted molar refractivity (Wildman–Crippen MR) is 63.4 cm³/mol. The van der Waals surface area contributed by atoms with Crippen LogP contribution in [0.3, 0.4) is 0 Å². The fourth-order valence-electron chi connectivity index (χ4n) is 1.13. The standard InChI is InChI=1S/C10H18N4OSi/c1-16(2,3)7-6-15-9-14-10(4-5-11)8-12-13-14/h8H,4,6-7,9H2,1-3H3. The van der Waals surface area contributed by atoms with Crippen LogP contribution in [0.15, 0.2) is 6.20 Å². The van der Waals surface area contributed by atoms with E-state index in [9.17, 15) is 0 Å². The van der Waals surface area contributed by atoms with E-state index in [0.717, 1.165) is 18.3 Å². The Morgan fingerprint density at radius 1 is 1.50 bits per heavy atom. The number of rotatable bonds is 6. The van der Waals surface area contributed by atoms with Gasteiger partial charge in [-0.25, -0.2) is 4.68 Å². The minimum absolute atomic E-state index is 0.324. The largest absolute Gasteiger partial charge is 0.359 e. The molecular formula is C10H18N4OSi. The normalized spacial score (nSPS) is 11.4. The van der Waals surface area contributed by atoms with Crippen molar-refractivity contribution in [3.63, 3.8) is 0 Å². The van der Waals surface area contributed by atoms with Crippen LogP contribution in [0.5, 0.6) is 0 Å². The Morgan fingerprint density at radius 3 is 2.88 bits per heavy atom. The average molecular weight is 238 g/mol. The summed E-state index contributed by atoms with van der Waals surface area (Å²) in [5.74, 6) is 0. The van der Waals surface area contributed by atoms with Gasteiger partial charge in [0.2, 0.25) is 0 Å². The molecule has 1 aromatic heterocycles. The maximum absolute atomic E-state index is 8.59. The first-order valence-corrected chi connectivity index (χ1v) is 9.06.